The summed E-state index contributed by atoms with van der Waals surface area (Å²) in [6.45, 7) is 14.4. The molecule has 0 radical (unpaired) electrons. The molecule has 0 saturated carbocycles. The monoisotopic (exact) mass is 416 g/mol. The summed E-state index contributed by atoms with van der Waals surface area (Å²) in [6, 6.07) is 3.21. The predicted octanol–water partition coefficient (Wildman–Crippen LogP) is 4.20. The van der Waals surface area contributed by atoms with Crippen LogP contribution in [0.3, 0.4) is 0 Å². The quantitative estimate of drug-likeness (QED) is 0.219. The molecule has 1 heterocycles. The number of carbonyl (C=O) groups is 3. The van der Waals surface area contributed by atoms with E-state index in [9.17, 15) is 14.4 Å². The maximum Gasteiger partial charge on any atom is 0.339 e. The van der Waals surface area contributed by atoms with E-state index in [1.807, 2.05) is 27.7 Å². The van der Waals surface area contributed by atoms with Crippen molar-refractivity contribution in [1.29, 1.82) is 0 Å². The molecule has 0 bridgehead atoms. The van der Waals surface area contributed by atoms with Gasteiger partial charge in [0.15, 0.2) is 0 Å². The first kappa shape index (κ1) is 26.9. The normalized spacial score (nSPS) is 12.5. The first-order chi connectivity index (χ1) is 14.4. The van der Waals surface area contributed by atoms with E-state index in [0.717, 1.165) is 0 Å². The molecule has 1 aromatic heterocycles. The summed E-state index contributed by atoms with van der Waals surface area (Å²) in [7, 11) is 0. The van der Waals surface area contributed by atoms with Crippen LogP contribution in [0.15, 0.2) is 53.9 Å². The van der Waals surface area contributed by atoms with Crippen LogP contribution >= 0.6 is 0 Å². The van der Waals surface area contributed by atoms with Crippen LogP contribution < -0.4 is 0 Å². The smallest absolute Gasteiger partial charge is 0.339 e. The molecule has 7 heteroatoms. The minimum atomic E-state index is -0.637. The van der Waals surface area contributed by atoms with Gasteiger partial charge in [-0.3, -0.25) is 14.8 Å². The van der Waals surface area contributed by atoms with Gasteiger partial charge in [0.25, 0.3) is 0 Å². The number of nitrogens with zero attached hydrogens (tertiary/aromatic N) is 2. The molecule has 0 fully saturated rings. The summed E-state index contributed by atoms with van der Waals surface area (Å²) in [5.74, 6) is -1.76. The first-order valence-corrected chi connectivity index (χ1v) is 9.98. The summed E-state index contributed by atoms with van der Waals surface area (Å²) in [5.41, 5.74) is 0.454. The van der Waals surface area contributed by atoms with Crippen LogP contribution in [0.25, 0.3) is 0 Å². The maximum atomic E-state index is 12.3. The Labute approximate surface area is 178 Å². The van der Waals surface area contributed by atoms with Crippen molar-refractivity contribution in [1.82, 2.24) is 4.98 Å². The second-order valence-corrected chi connectivity index (χ2v) is 6.26. The van der Waals surface area contributed by atoms with Crippen molar-refractivity contribution in [2.45, 2.75) is 40.5 Å². The molecule has 0 aromatic carbocycles. The minimum absolute atomic E-state index is 0.0215. The standard InChI is InChI=1S/C21H26N2O5.C2H6/c1-5-15(3)19(24)10-16(13-27-20(25)17(6-2)11-22-4)14-28-21(26)18-8-7-9-23-12-18;1-2/h6-9,11-12,15-16H,2,4-5,10,13-14H2,1,3H3;1-2H3/b17-11+;. The molecule has 0 spiro atoms. The van der Waals surface area contributed by atoms with Crippen molar-refractivity contribution < 1.29 is 23.9 Å². The van der Waals surface area contributed by atoms with E-state index < -0.39 is 17.9 Å². The lowest BCUT2D eigenvalue weighted by atomic mass is 9.94. The van der Waals surface area contributed by atoms with Crippen LogP contribution in [-0.4, -0.2) is 42.6 Å². The summed E-state index contributed by atoms with van der Waals surface area (Å²) < 4.78 is 10.5. The van der Waals surface area contributed by atoms with Gasteiger partial charge < -0.3 is 9.47 Å². The number of esters is 2. The molecular weight excluding hydrogens is 384 g/mol. The lowest BCUT2D eigenvalue weighted by Gasteiger charge is -2.18. The number of aromatic nitrogens is 1. The third kappa shape index (κ3) is 9.91. The van der Waals surface area contributed by atoms with Crippen LogP contribution in [0.2, 0.25) is 0 Å². The minimum Gasteiger partial charge on any atom is -0.462 e. The average Bonchev–Trinajstić information content (AvgIpc) is 2.79. The van der Waals surface area contributed by atoms with Crippen LogP contribution in [0, 0.1) is 11.8 Å². The summed E-state index contributed by atoms with van der Waals surface area (Å²) in [5, 5.41) is 0. The van der Waals surface area contributed by atoms with Crippen molar-refractivity contribution >= 4 is 24.4 Å². The number of hydrogen-bond acceptors (Lipinski definition) is 7. The number of ether oxygens (including phenoxy) is 2. The van der Waals surface area contributed by atoms with E-state index >= 15 is 0 Å². The predicted molar refractivity (Wildman–Crippen MR) is 117 cm³/mol. The Morgan fingerprint density at radius 1 is 1.23 bits per heavy atom. The Balaban J connectivity index is 0.00000407. The van der Waals surface area contributed by atoms with Crippen LogP contribution in [0.4, 0.5) is 0 Å². The maximum absolute atomic E-state index is 12.3. The third-order valence-corrected chi connectivity index (χ3v) is 4.14. The lowest BCUT2D eigenvalue weighted by molar-refractivity contribution is -0.141. The van der Waals surface area contributed by atoms with Gasteiger partial charge in [-0.1, -0.05) is 40.3 Å². The highest BCUT2D eigenvalue weighted by Gasteiger charge is 2.22. The molecule has 164 valence electrons. The fraction of sp³-hybridized carbons (Fsp3) is 0.435. The number of pyridine rings is 1. The molecule has 0 N–H and O–H groups in total. The third-order valence-electron chi connectivity index (χ3n) is 4.14. The Morgan fingerprint density at radius 3 is 2.43 bits per heavy atom. The SMILES string of the molecule is C=C/C(=C\N=C)C(=O)OCC(COC(=O)c1cccnc1)CC(=O)C(C)CC.CC. The molecule has 7 nitrogen and oxygen atoms in total. The number of aliphatic imine (C=N–C) groups is 1. The second kappa shape index (κ2) is 15.8. The van der Waals surface area contributed by atoms with Crippen LogP contribution in [0.1, 0.15) is 50.9 Å². The molecule has 0 aliphatic heterocycles. The molecular formula is C23H32N2O5. The van der Waals surface area contributed by atoms with Crippen molar-refractivity contribution in [3.05, 3.63) is 54.5 Å². The molecule has 0 amide bonds. The summed E-state index contributed by atoms with van der Waals surface area (Å²) in [4.78, 5) is 43.8. The number of carbonyl (C=O) groups excluding carboxylic acids is 3. The lowest BCUT2D eigenvalue weighted by Crippen LogP contribution is -2.25. The molecule has 1 rings (SSSR count). The molecule has 2 unspecified atom stereocenters. The topological polar surface area (TPSA) is 94.9 Å². The van der Waals surface area contributed by atoms with Crippen molar-refractivity contribution in [3.63, 3.8) is 0 Å². The van der Waals surface area contributed by atoms with Gasteiger partial charge in [0.2, 0.25) is 0 Å². The molecule has 30 heavy (non-hydrogen) atoms. The fourth-order valence-corrected chi connectivity index (χ4v) is 2.20. The van der Waals surface area contributed by atoms with Gasteiger partial charge in [-0.2, -0.15) is 0 Å². The van der Waals surface area contributed by atoms with Crippen molar-refractivity contribution in [2.24, 2.45) is 16.8 Å². The van der Waals surface area contributed by atoms with E-state index in [2.05, 4.69) is 23.3 Å². The zero-order valence-corrected chi connectivity index (χ0v) is 18.3. The van der Waals surface area contributed by atoms with Gasteiger partial charge in [-0.05, 0) is 25.3 Å². The first-order valence-electron chi connectivity index (χ1n) is 9.98. The van der Waals surface area contributed by atoms with Crippen molar-refractivity contribution in [2.75, 3.05) is 13.2 Å². The fourth-order valence-electron chi connectivity index (χ4n) is 2.20. The van der Waals surface area contributed by atoms with Gasteiger partial charge in [0, 0.05) is 36.9 Å². The molecule has 0 aliphatic rings. The largest absolute Gasteiger partial charge is 0.462 e. The highest BCUT2D eigenvalue weighted by Crippen LogP contribution is 2.15. The van der Waals surface area contributed by atoms with Crippen LogP contribution in [-0.2, 0) is 19.1 Å². The van der Waals surface area contributed by atoms with E-state index in [0.29, 0.717) is 12.0 Å². The Kier molecular flexibility index (Phi) is 14.2. The highest BCUT2D eigenvalue weighted by molar-refractivity contribution is 5.91. The van der Waals surface area contributed by atoms with E-state index in [1.165, 1.54) is 18.5 Å². The molecule has 0 saturated heterocycles. The number of Topliss-reactive ketones (excluding diaryl/α,β-unsaturated/α-hetero) is 1. The van der Waals surface area contributed by atoms with Gasteiger partial charge in [-0.25, -0.2) is 9.59 Å². The molecule has 0 aliphatic carbocycles. The van der Waals surface area contributed by atoms with Gasteiger partial charge in [0.1, 0.15) is 5.78 Å². The summed E-state index contributed by atoms with van der Waals surface area (Å²) >= 11 is 0. The number of ketones is 1. The Bertz CT molecular complexity index is 728. The zero-order valence-electron chi connectivity index (χ0n) is 18.3. The zero-order chi connectivity index (χ0) is 22.9. The molecule has 2 atom stereocenters. The second-order valence-electron chi connectivity index (χ2n) is 6.26. The molecule has 1 aromatic rings. The average molecular weight is 417 g/mol. The van der Waals surface area contributed by atoms with Gasteiger partial charge in [0.05, 0.1) is 24.4 Å². The summed E-state index contributed by atoms with van der Waals surface area (Å²) in [6.07, 6.45) is 6.32. The van der Waals surface area contributed by atoms with Crippen LogP contribution in [0.5, 0.6) is 0 Å². The van der Waals surface area contributed by atoms with Gasteiger partial charge in [-0.15, -0.1) is 0 Å². The number of rotatable bonds is 12. The van der Waals surface area contributed by atoms with E-state index in [4.69, 9.17) is 9.47 Å². The Hall–Kier alpha value is -3.09. The Morgan fingerprint density at radius 2 is 1.90 bits per heavy atom. The highest BCUT2D eigenvalue weighted by atomic mass is 16.5. The van der Waals surface area contributed by atoms with Gasteiger partial charge >= 0.3 is 11.9 Å². The van der Waals surface area contributed by atoms with E-state index in [-0.39, 0.29) is 36.9 Å². The number of hydrogen-bond donors (Lipinski definition) is 0. The van der Waals surface area contributed by atoms with Crippen molar-refractivity contribution in [3.8, 4) is 0 Å². The van der Waals surface area contributed by atoms with E-state index in [1.54, 1.807) is 18.3 Å².